The molecule has 4 nitrogen and oxygen atoms in total. The predicted molar refractivity (Wildman–Crippen MR) is 66.3 cm³/mol. The molecule has 1 aliphatic heterocycles. The van der Waals surface area contributed by atoms with Crippen LogP contribution >= 0.6 is 11.6 Å². The lowest BCUT2D eigenvalue weighted by Crippen LogP contribution is -2.39. The van der Waals surface area contributed by atoms with E-state index in [2.05, 4.69) is 5.32 Å². The topological polar surface area (TPSA) is 41.6 Å². The highest BCUT2D eigenvalue weighted by molar-refractivity contribution is 6.30. The van der Waals surface area contributed by atoms with Crippen LogP contribution in [0, 0.1) is 0 Å². The number of ether oxygens (including phenoxy) is 1. The van der Waals surface area contributed by atoms with Crippen LogP contribution in [0.1, 0.15) is 12.8 Å². The largest absolute Gasteiger partial charge is 0.473 e. The van der Waals surface area contributed by atoms with Crippen molar-refractivity contribution in [1.82, 2.24) is 10.2 Å². The number of hydrogen-bond donors (Lipinski definition) is 1. The molecule has 0 aliphatic carbocycles. The van der Waals surface area contributed by atoms with Crippen molar-refractivity contribution in [2.45, 2.75) is 12.8 Å². The second kappa shape index (κ2) is 5.77. The number of likely N-dealkylation sites (tertiary alicyclic amines) is 1. The molecule has 1 aromatic carbocycles. The van der Waals surface area contributed by atoms with E-state index < -0.39 is 0 Å². The van der Waals surface area contributed by atoms with Gasteiger partial charge in [0.2, 0.25) is 0 Å². The molecule has 0 unspecified atom stereocenters. The van der Waals surface area contributed by atoms with Crippen LogP contribution in [-0.2, 0) is 0 Å². The van der Waals surface area contributed by atoms with Gasteiger partial charge in [-0.15, -0.1) is 0 Å². The number of halogens is 1. The Balaban J connectivity index is 1.72. The molecule has 1 heterocycles. The molecule has 92 valence electrons. The first kappa shape index (κ1) is 12.0. The first-order valence-electron chi connectivity index (χ1n) is 5.67. The zero-order chi connectivity index (χ0) is 12.1. The third-order valence-electron chi connectivity index (χ3n) is 2.67. The van der Waals surface area contributed by atoms with Gasteiger partial charge in [-0.25, -0.2) is 4.79 Å². The van der Waals surface area contributed by atoms with Gasteiger partial charge >= 0.3 is 6.03 Å². The van der Waals surface area contributed by atoms with Gasteiger partial charge in [0.25, 0.3) is 0 Å². The molecule has 1 fully saturated rings. The fourth-order valence-electron chi connectivity index (χ4n) is 1.74. The van der Waals surface area contributed by atoms with Crippen LogP contribution in [0.5, 0.6) is 5.75 Å². The van der Waals surface area contributed by atoms with Gasteiger partial charge in [-0.05, 0) is 37.1 Å². The molecule has 17 heavy (non-hydrogen) atoms. The zero-order valence-corrected chi connectivity index (χ0v) is 10.2. The Labute approximate surface area is 106 Å². The molecule has 0 atom stereocenters. The molecule has 1 aromatic rings. The summed E-state index contributed by atoms with van der Waals surface area (Å²) >= 11 is 5.75. The number of nitrogens with one attached hydrogen (secondary N) is 1. The summed E-state index contributed by atoms with van der Waals surface area (Å²) in [6, 6.07) is 6.98. The molecular formula is C12H15ClN2O2. The Morgan fingerprint density at radius 2 is 1.94 bits per heavy atom. The fourth-order valence-corrected chi connectivity index (χ4v) is 1.87. The highest BCUT2D eigenvalue weighted by Crippen LogP contribution is 2.15. The van der Waals surface area contributed by atoms with Gasteiger partial charge in [0.15, 0.2) is 6.73 Å². The molecular weight excluding hydrogens is 240 g/mol. The van der Waals surface area contributed by atoms with Gasteiger partial charge in [-0.2, -0.15) is 0 Å². The molecule has 0 spiro atoms. The summed E-state index contributed by atoms with van der Waals surface area (Å²) in [6.07, 6.45) is 2.18. The second-order valence-electron chi connectivity index (χ2n) is 3.92. The minimum atomic E-state index is -0.0588. The van der Waals surface area contributed by atoms with E-state index in [1.165, 1.54) is 0 Å². The number of carbonyl (C=O) groups excluding carboxylic acids is 1. The van der Waals surface area contributed by atoms with E-state index in [1.54, 1.807) is 29.2 Å². The standard InChI is InChI=1S/C12H15ClN2O2/c13-10-3-5-11(6-4-10)17-9-14-12(16)15-7-1-2-8-15/h3-6H,1-2,7-9H2,(H,14,16). The Hall–Kier alpha value is -1.42. The Morgan fingerprint density at radius 1 is 1.29 bits per heavy atom. The van der Waals surface area contributed by atoms with Crippen LogP contribution in [0.4, 0.5) is 4.79 Å². The predicted octanol–water partition coefficient (Wildman–Crippen LogP) is 2.48. The number of benzene rings is 1. The van der Waals surface area contributed by atoms with Crippen molar-refractivity contribution >= 4 is 17.6 Å². The number of hydrogen-bond acceptors (Lipinski definition) is 2. The molecule has 0 aromatic heterocycles. The van der Waals surface area contributed by atoms with E-state index in [1.807, 2.05) is 0 Å². The van der Waals surface area contributed by atoms with E-state index in [9.17, 15) is 4.79 Å². The highest BCUT2D eigenvalue weighted by Gasteiger charge is 2.16. The molecule has 0 bridgehead atoms. The molecule has 2 rings (SSSR count). The van der Waals surface area contributed by atoms with Crippen molar-refractivity contribution in [3.8, 4) is 5.75 Å². The summed E-state index contributed by atoms with van der Waals surface area (Å²) < 4.78 is 5.37. The lowest BCUT2D eigenvalue weighted by atomic mass is 10.3. The van der Waals surface area contributed by atoms with Gasteiger partial charge in [-0.1, -0.05) is 11.6 Å². The van der Waals surface area contributed by atoms with Crippen LogP contribution in [0.3, 0.4) is 0 Å². The summed E-state index contributed by atoms with van der Waals surface area (Å²) in [7, 11) is 0. The molecule has 1 saturated heterocycles. The maximum atomic E-state index is 11.6. The number of rotatable bonds is 3. The maximum absolute atomic E-state index is 11.6. The Kier molecular flexibility index (Phi) is 4.09. The van der Waals surface area contributed by atoms with Crippen LogP contribution in [0.2, 0.25) is 5.02 Å². The summed E-state index contributed by atoms with van der Waals surface area (Å²) in [4.78, 5) is 13.4. The monoisotopic (exact) mass is 254 g/mol. The summed E-state index contributed by atoms with van der Waals surface area (Å²) in [5.74, 6) is 0.691. The van der Waals surface area contributed by atoms with Gasteiger partial charge in [0.1, 0.15) is 5.75 Å². The van der Waals surface area contributed by atoms with Crippen molar-refractivity contribution < 1.29 is 9.53 Å². The normalized spacial score (nSPS) is 14.8. The summed E-state index contributed by atoms with van der Waals surface area (Å²) in [5.41, 5.74) is 0. The first-order chi connectivity index (χ1) is 8.25. The average molecular weight is 255 g/mol. The van der Waals surface area contributed by atoms with E-state index >= 15 is 0 Å². The van der Waals surface area contributed by atoms with Crippen LogP contribution < -0.4 is 10.1 Å². The quantitative estimate of drug-likeness (QED) is 0.842. The van der Waals surface area contributed by atoms with E-state index in [-0.39, 0.29) is 12.8 Å². The van der Waals surface area contributed by atoms with Crippen LogP contribution in [0.15, 0.2) is 24.3 Å². The number of nitrogens with zero attached hydrogens (tertiary/aromatic N) is 1. The van der Waals surface area contributed by atoms with Gasteiger partial charge in [0.05, 0.1) is 0 Å². The maximum Gasteiger partial charge on any atom is 0.320 e. The van der Waals surface area contributed by atoms with E-state index in [4.69, 9.17) is 16.3 Å². The van der Waals surface area contributed by atoms with E-state index in [0.717, 1.165) is 25.9 Å². The summed E-state index contributed by atoms with van der Waals surface area (Å²) in [6.45, 7) is 1.86. The number of amides is 2. The van der Waals surface area contributed by atoms with Gasteiger partial charge in [0, 0.05) is 18.1 Å². The number of carbonyl (C=O) groups is 1. The van der Waals surface area contributed by atoms with Crippen LogP contribution in [-0.4, -0.2) is 30.8 Å². The van der Waals surface area contributed by atoms with Crippen LogP contribution in [0.25, 0.3) is 0 Å². The average Bonchev–Trinajstić information content (AvgIpc) is 2.85. The zero-order valence-electron chi connectivity index (χ0n) is 9.49. The fraction of sp³-hybridized carbons (Fsp3) is 0.417. The lowest BCUT2D eigenvalue weighted by Gasteiger charge is -2.16. The van der Waals surface area contributed by atoms with Gasteiger partial charge < -0.3 is 15.0 Å². The highest BCUT2D eigenvalue weighted by atomic mass is 35.5. The summed E-state index contributed by atoms with van der Waals surface area (Å²) in [5, 5.41) is 3.38. The van der Waals surface area contributed by atoms with Gasteiger partial charge in [-0.3, -0.25) is 0 Å². The molecule has 5 heteroatoms. The lowest BCUT2D eigenvalue weighted by molar-refractivity contribution is 0.194. The smallest absolute Gasteiger partial charge is 0.320 e. The molecule has 1 aliphatic rings. The van der Waals surface area contributed by atoms with Crippen molar-refractivity contribution in [2.75, 3.05) is 19.8 Å². The molecule has 0 saturated carbocycles. The molecule has 2 amide bonds. The number of urea groups is 1. The molecule has 0 radical (unpaired) electrons. The minimum Gasteiger partial charge on any atom is -0.473 e. The SMILES string of the molecule is O=C(NCOc1ccc(Cl)cc1)N1CCCC1. The van der Waals surface area contributed by atoms with Crippen molar-refractivity contribution in [1.29, 1.82) is 0 Å². The van der Waals surface area contributed by atoms with Crippen molar-refractivity contribution in [2.24, 2.45) is 0 Å². The first-order valence-corrected chi connectivity index (χ1v) is 6.04. The molecule has 1 N–H and O–H groups in total. The Morgan fingerprint density at radius 3 is 2.59 bits per heavy atom. The second-order valence-corrected chi connectivity index (χ2v) is 4.36. The van der Waals surface area contributed by atoms with Crippen molar-refractivity contribution in [3.05, 3.63) is 29.3 Å². The van der Waals surface area contributed by atoms with Crippen molar-refractivity contribution in [3.63, 3.8) is 0 Å². The Bertz CT molecular complexity index is 375. The van der Waals surface area contributed by atoms with E-state index in [0.29, 0.717) is 10.8 Å². The third kappa shape index (κ3) is 3.53. The third-order valence-corrected chi connectivity index (χ3v) is 2.92. The minimum absolute atomic E-state index is 0.0588.